The van der Waals surface area contributed by atoms with E-state index >= 15 is 0 Å². The number of hydrogen-bond donors (Lipinski definition) is 2. The maximum Gasteiger partial charge on any atom is 0.221 e. The molecule has 0 fully saturated rings. The number of rotatable bonds is 3. The van der Waals surface area contributed by atoms with Crippen LogP contribution in [0.4, 0.5) is 5.82 Å². The molecule has 0 atom stereocenters. The zero-order chi connectivity index (χ0) is 10.7. The van der Waals surface area contributed by atoms with E-state index in [4.69, 9.17) is 10.6 Å². The minimum atomic E-state index is 0.471. The number of pyridine rings is 1. The maximum atomic E-state index is 5.45. The molecule has 0 aliphatic rings. The lowest BCUT2D eigenvalue weighted by Crippen LogP contribution is -2.08. The molecular formula is C9H11N5O. The van der Waals surface area contributed by atoms with Crippen molar-refractivity contribution in [1.29, 1.82) is 0 Å². The molecule has 0 saturated heterocycles. The molecule has 0 bridgehead atoms. The summed E-state index contributed by atoms with van der Waals surface area (Å²) in [6.07, 6.45) is 3.37. The minimum absolute atomic E-state index is 0.471. The summed E-state index contributed by atoms with van der Waals surface area (Å²) in [7, 11) is 1.82. The fourth-order valence-electron chi connectivity index (χ4n) is 1.12. The number of ether oxygens (including phenoxy) is 1. The number of aromatic nitrogens is 3. The lowest BCUT2D eigenvalue weighted by atomic mass is 10.4. The predicted molar refractivity (Wildman–Crippen MR) is 55.3 cm³/mol. The third-order valence-corrected chi connectivity index (χ3v) is 1.78. The van der Waals surface area contributed by atoms with Gasteiger partial charge in [-0.3, -0.25) is 4.68 Å². The molecule has 0 spiro atoms. The van der Waals surface area contributed by atoms with E-state index in [-0.39, 0.29) is 0 Å². The molecule has 0 saturated carbocycles. The summed E-state index contributed by atoms with van der Waals surface area (Å²) in [5.74, 6) is 6.89. The van der Waals surface area contributed by atoms with Crippen molar-refractivity contribution in [3.63, 3.8) is 0 Å². The van der Waals surface area contributed by atoms with Crippen LogP contribution in [0.2, 0.25) is 0 Å². The first-order valence-electron chi connectivity index (χ1n) is 4.38. The Morgan fingerprint density at radius 3 is 3.00 bits per heavy atom. The molecule has 2 aromatic rings. The van der Waals surface area contributed by atoms with Crippen molar-refractivity contribution in [2.45, 2.75) is 0 Å². The summed E-state index contributed by atoms with van der Waals surface area (Å²) in [6.45, 7) is 0. The van der Waals surface area contributed by atoms with E-state index in [0.717, 1.165) is 0 Å². The molecule has 0 aliphatic carbocycles. The minimum Gasteiger partial charge on any atom is -0.436 e. The van der Waals surface area contributed by atoms with Gasteiger partial charge < -0.3 is 10.2 Å². The summed E-state index contributed by atoms with van der Waals surface area (Å²) >= 11 is 0. The number of nitrogens with zero attached hydrogens (tertiary/aromatic N) is 3. The second-order valence-corrected chi connectivity index (χ2v) is 2.96. The second kappa shape index (κ2) is 3.97. The molecule has 0 radical (unpaired) electrons. The van der Waals surface area contributed by atoms with Crippen LogP contribution in [0.3, 0.4) is 0 Å². The zero-order valence-electron chi connectivity index (χ0n) is 8.21. The van der Waals surface area contributed by atoms with Gasteiger partial charge in [-0.1, -0.05) is 6.07 Å². The van der Waals surface area contributed by atoms with Gasteiger partial charge in [-0.25, -0.2) is 5.84 Å². The Morgan fingerprint density at radius 1 is 1.47 bits per heavy atom. The molecule has 15 heavy (non-hydrogen) atoms. The van der Waals surface area contributed by atoms with Crippen molar-refractivity contribution in [2.24, 2.45) is 12.9 Å². The number of anilines is 1. The van der Waals surface area contributed by atoms with Crippen LogP contribution in [-0.2, 0) is 7.05 Å². The van der Waals surface area contributed by atoms with Crippen LogP contribution in [0.25, 0.3) is 0 Å². The van der Waals surface area contributed by atoms with Crippen molar-refractivity contribution in [2.75, 3.05) is 5.43 Å². The first-order chi connectivity index (χ1) is 7.28. The summed E-state index contributed by atoms with van der Waals surface area (Å²) < 4.78 is 7.10. The topological polar surface area (TPSA) is 78.0 Å². The highest BCUT2D eigenvalue weighted by atomic mass is 16.5. The molecular weight excluding hydrogens is 194 g/mol. The molecule has 3 N–H and O–H groups in total. The quantitative estimate of drug-likeness (QED) is 0.574. The van der Waals surface area contributed by atoms with Gasteiger partial charge in [0.1, 0.15) is 5.82 Å². The van der Waals surface area contributed by atoms with Gasteiger partial charge in [-0.2, -0.15) is 10.1 Å². The molecule has 2 heterocycles. The maximum absolute atomic E-state index is 5.45. The van der Waals surface area contributed by atoms with E-state index < -0.39 is 0 Å². The largest absolute Gasteiger partial charge is 0.436 e. The van der Waals surface area contributed by atoms with E-state index in [9.17, 15) is 0 Å². The van der Waals surface area contributed by atoms with E-state index in [0.29, 0.717) is 17.4 Å². The fourth-order valence-corrected chi connectivity index (χ4v) is 1.12. The van der Waals surface area contributed by atoms with Crippen LogP contribution in [-0.4, -0.2) is 14.8 Å². The Kier molecular flexibility index (Phi) is 2.51. The molecule has 2 aromatic heterocycles. The third kappa shape index (κ3) is 2.23. The Morgan fingerprint density at radius 2 is 2.33 bits per heavy atom. The first-order valence-corrected chi connectivity index (χ1v) is 4.38. The van der Waals surface area contributed by atoms with Crippen molar-refractivity contribution < 1.29 is 4.74 Å². The van der Waals surface area contributed by atoms with Gasteiger partial charge in [0.25, 0.3) is 0 Å². The van der Waals surface area contributed by atoms with Crippen LogP contribution in [0.5, 0.6) is 11.6 Å². The molecule has 0 amide bonds. The van der Waals surface area contributed by atoms with E-state index in [2.05, 4.69) is 15.5 Å². The standard InChI is InChI=1S/C9H11N5O/c1-14-6-7(5-11-14)15-9-4-2-3-8(12-9)13-10/h2-6H,10H2,1H3,(H,12,13). The van der Waals surface area contributed by atoms with Gasteiger partial charge >= 0.3 is 0 Å². The van der Waals surface area contributed by atoms with Crippen molar-refractivity contribution in [3.05, 3.63) is 30.6 Å². The Bertz CT molecular complexity index is 453. The Labute approximate surface area is 86.7 Å². The molecule has 2 rings (SSSR count). The highest BCUT2D eigenvalue weighted by Crippen LogP contribution is 2.19. The highest BCUT2D eigenvalue weighted by molar-refractivity contribution is 5.36. The smallest absolute Gasteiger partial charge is 0.221 e. The third-order valence-electron chi connectivity index (χ3n) is 1.78. The monoisotopic (exact) mass is 205 g/mol. The zero-order valence-corrected chi connectivity index (χ0v) is 8.21. The average molecular weight is 205 g/mol. The van der Waals surface area contributed by atoms with Crippen LogP contribution < -0.4 is 16.0 Å². The number of nitrogens with one attached hydrogen (secondary N) is 1. The highest BCUT2D eigenvalue weighted by Gasteiger charge is 2.01. The summed E-state index contributed by atoms with van der Waals surface area (Å²) in [4.78, 5) is 4.10. The lowest BCUT2D eigenvalue weighted by Gasteiger charge is -2.03. The van der Waals surface area contributed by atoms with Crippen LogP contribution in [0.15, 0.2) is 30.6 Å². The van der Waals surface area contributed by atoms with E-state index in [1.165, 1.54) is 0 Å². The van der Waals surface area contributed by atoms with Gasteiger partial charge in [0, 0.05) is 13.1 Å². The van der Waals surface area contributed by atoms with Crippen molar-refractivity contribution in [1.82, 2.24) is 14.8 Å². The number of aryl methyl sites for hydroxylation is 1. The molecule has 0 aromatic carbocycles. The number of nitrogens with two attached hydrogens (primary N) is 1. The van der Waals surface area contributed by atoms with Gasteiger partial charge in [0.05, 0.1) is 12.4 Å². The molecule has 0 unspecified atom stereocenters. The first kappa shape index (κ1) is 9.47. The van der Waals surface area contributed by atoms with Gasteiger partial charge in [-0.05, 0) is 6.07 Å². The van der Waals surface area contributed by atoms with E-state index in [1.807, 2.05) is 7.05 Å². The Hall–Kier alpha value is -2.08. The summed E-state index contributed by atoms with van der Waals surface area (Å²) in [6, 6.07) is 5.29. The molecule has 78 valence electrons. The number of nitrogen functional groups attached to an aromatic ring is 1. The lowest BCUT2D eigenvalue weighted by molar-refractivity contribution is 0.463. The SMILES string of the molecule is Cn1cc(Oc2cccc(NN)n2)cn1. The summed E-state index contributed by atoms with van der Waals surface area (Å²) in [5, 5.41) is 3.98. The second-order valence-electron chi connectivity index (χ2n) is 2.96. The average Bonchev–Trinajstić information content (AvgIpc) is 2.64. The van der Waals surface area contributed by atoms with Gasteiger partial charge in [-0.15, -0.1) is 0 Å². The number of hydrazine groups is 1. The van der Waals surface area contributed by atoms with Gasteiger partial charge in [0.15, 0.2) is 5.75 Å². The fraction of sp³-hybridized carbons (Fsp3) is 0.111. The summed E-state index contributed by atoms with van der Waals surface area (Å²) in [5.41, 5.74) is 2.45. The molecule has 6 heteroatoms. The predicted octanol–water partition coefficient (Wildman–Crippen LogP) is 0.893. The van der Waals surface area contributed by atoms with Crippen molar-refractivity contribution >= 4 is 5.82 Å². The van der Waals surface area contributed by atoms with Crippen molar-refractivity contribution in [3.8, 4) is 11.6 Å². The normalized spacial score (nSPS) is 10.0. The Balaban J connectivity index is 2.16. The van der Waals surface area contributed by atoms with Crippen LogP contribution >= 0.6 is 0 Å². The van der Waals surface area contributed by atoms with Crippen LogP contribution in [0.1, 0.15) is 0 Å². The van der Waals surface area contributed by atoms with Crippen LogP contribution in [0, 0.1) is 0 Å². The number of hydrogen-bond acceptors (Lipinski definition) is 5. The molecule has 0 aliphatic heterocycles. The van der Waals surface area contributed by atoms with Gasteiger partial charge in [0.2, 0.25) is 5.88 Å². The van der Waals surface area contributed by atoms with E-state index in [1.54, 1.807) is 35.3 Å². The molecule has 6 nitrogen and oxygen atoms in total.